The van der Waals surface area contributed by atoms with E-state index in [9.17, 15) is 4.79 Å². The Morgan fingerprint density at radius 2 is 1.93 bits per heavy atom. The summed E-state index contributed by atoms with van der Waals surface area (Å²) in [5.74, 6) is 0. The number of benzene rings is 1. The number of rotatable bonds is 5. The Bertz CT molecular complexity index is 1080. The van der Waals surface area contributed by atoms with Crippen LogP contribution in [0.4, 0.5) is 4.79 Å². The van der Waals surface area contributed by atoms with Crippen molar-refractivity contribution in [1.29, 1.82) is 0 Å². The maximum atomic E-state index is 12.3. The summed E-state index contributed by atoms with van der Waals surface area (Å²) >= 11 is 0. The fraction of sp³-hybridized carbons (Fsp3) is 0.136. The monoisotopic (exact) mass is 372 g/mol. The van der Waals surface area contributed by atoms with E-state index >= 15 is 0 Å². The molecule has 0 aliphatic carbocycles. The summed E-state index contributed by atoms with van der Waals surface area (Å²) in [7, 11) is 0. The summed E-state index contributed by atoms with van der Waals surface area (Å²) in [5, 5.41) is 2.88. The van der Waals surface area contributed by atoms with Crippen LogP contribution in [0.25, 0.3) is 16.9 Å². The first kappa shape index (κ1) is 17.7. The van der Waals surface area contributed by atoms with Crippen LogP contribution < -0.4 is 5.32 Å². The molecule has 140 valence electrons. The third kappa shape index (κ3) is 3.71. The molecule has 1 amide bonds. The summed E-state index contributed by atoms with van der Waals surface area (Å²) in [4.78, 5) is 21.2. The fourth-order valence-electron chi connectivity index (χ4n) is 3.12. The highest BCUT2D eigenvalue weighted by Crippen LogP contribution is 2.28. The van der Waals surface area contributed by atoms with Crippen LogP contribution >= 0.6 is 0 Å². The zero-order valence-corrected chi connectivity index (χ0v) is 15.4. The smallest absolute Gasteiger partial charge is 0.407 e. The largest absolute Gasteiger partial charge is 0.445 e. The van der Waals surface area contributed by atoms with Gasteiger partial charge in [-0.1, -0.05) is 36.4 Å². The molecule has 6 heteroatoms. The molecule has 4 aromatic rings. The van der Waals surface area contributed by atoms with E-state index in [0.29, 0.717) is 0 Å². The Morgan fingerprint density at radius 1 is 1.11 bits per heavy atom. The van der Waals surface area contributed by atoms with Gasteiger partial charge in [0.15, 0.2) is 0 Å². The Balaban J connectivity index is 1.57. The van der Waals surface area contributed by atoms with E-state index in [-0.39, 0.29) is 12.6 Å². The third-order valence-electron chi connectivity index (χ3n) is 4.45. The lowest BCUT2D eigenvalue weighted by atomic mass is 10.1. The van der Waals surface area contributed by atoms with Crippen LogP contribution in [0.3, 0.4) is 0 Å². The van der Waals surface area contributed by atoms with Gasteiger partial charge in [-0.15, -0.1) is 0 Å². The van der Waals surface area contributed by atoms with Crippen LogP contribution in [0.2, 0.25) is 0 Å². The minimum Gasteiger partial charge on any atom is -0.445 e. The maximum absolute atomic E-state index is 12.3. The molecule has 0 aliphatic rings. The number of aromatic nitrogens is 3. The molecule has 1 atom stereocenters. The van der Waals surface area contributed by atoms with Crippen molar-refractivity contribution in [3.63, 3.8) is 0 Å². The van der Waals surface area contributed by atoms with E-state index in [1.54, 1.807) is 12.4 Å². The minimum absolute atomic E-state index is 0.222. The van der Waals surface area contributed by atoms with Crippen molar-refractivity contribution >= 4 is 11.7 Å². The van der Waals surface area contributed by atoms with E-state index in [4.69, 9.17) is 9.72 Å². The fourth-order valence-corrected chi connectivity index (χ4v) is 3.12. The van der Waals surface area contributed by atoms with Crippen molar-refractivity contribution in [2.75, 3.05) is 0 Å². The molecule has 0 saturated carbocycles. The van der Waals surface area contributed by atoms with E-state index in [1.807, 2.05) is 78.2 Å². The second-order valence-corrected chi connectivity index (χ2v) is 6.44. The highest BCUT2D eigenvalue weighted by atomic mass is 16.5. The summed E-state index contributed by atoms with van der Waals surface area (Å²) in [6.07, 6.45) is 5.00. The highest BCUT2D eigenvalue weighted by molar-refractivity contribution is 5.71. The Kier molecular flexibility index (Phi) is 5.01. The van der Waals surface area contributed by atoms with E-state index in [0.717, 1.165) is 28.2 Å². The van der Waals surface area contributed by atoms with Crippen LogP contribution in [0.15, 0.2) is 79.3 Å². The lowest BCUT2D eigenvalue weighted by molar-refractivity contribution is 0.136. The van der Waals surface area contributed by atoms with Crippen LogP contribution in [0.1, 0.15) is 24.2 Å². The van der Waals surface area contributed by atoms with Crippen molar-refractivity contribution in [2.45, 2.75) is 19.6 Å². The molecule has 1 N–H and O–H groups in total. The van der Waals surface area contributed by atoms with Gasteiger partial charge in [-0.05, 0) is 36.8 Å². The Morgan fingerprint density at radius 3 is 2.71 bits per heavy atom. The lowest BCUT2D eigenvalue weighted by Crippen LogP contribution is -2.27. The number of hydrogen-bond donors (Lipinski definition) is 1. The summed E-state index contributed by atoms with van der Waals surface area (Å²) in [6, 6.07) is 18.9. The number of fused-ring (bicyclic) bond motifs is 1. The predicted octanol–water partition coefficient (Wildman–Crippen LogP) is 4.38. The molecule has 0 fully saturated rings. The van der Waals surface area contributed by atoms with Crippen molar-refractivity contribution in [2.24, 2.45) is 0 Å². The second kappa shape index (κ2) is 7.92. The number of carbonyl (C=O) groups is 1. The van der Waals surface area contributed by atoms with Gasteiger partial charge in [0.2, 0.25) is 0 Å². The van der Waals surface area contributed by atoms with Gasteiger partial charge in [-0.3, -0.25) is 9.38 Å². The molecule has 0 aliphatic heterocycles. The quantitative estimate of drug-likeness (QED) is 0.564. The molecule has 4 rings (SSSR count). The van der Waals surface area contributed by atoms with Crippen molar-refractivity contribution < 1.29 is 9.53 Å². The molecular weight excluding hydrogens is 352 g/mol. The van der Waals surface area contributed by atoms with Crippen molar-refractivity contribution in [3.05, 3.63) is 90.5 Å². The number of hydrogen-bond acceptors (Lipinski definition) is 4. The molecule has 3 heterocycles. The molecule has 6 nitrogen and oxygen atoms in total. The molecule has 0 radical (unpaired) electrons. The van der Waals surface area contributed by atoms with Crippen LogP contribution in [-0.4, -0.2) is 20.5 Å². The number of nitrogens with one attached hydrogen (secondary N) is 1. The molecule has 0 bridgehead atoms. The predicted molar refractivity (Wildman–Crippen MR) is 107 cm³/mol. The van der Waals surface area contributed by atoms with Crippen molar-refractivity contribution in [3.8, 4) is 11.3 Å². The summed E-state index contributed by atoms with van der Waals surface area (Å²) in [6.45, 7) is 2.12. The van der Waals surface area contributed by atoms with Crippen LogP contribution in [-0.2, 0) is 11.3 Å². The van der Waals surface area contributed by atoms with Crippen LogP contribution in [0.5, 0.6) is 0 Å². The number of carbonyl (C=O) groups excluding carboxylic acids is 1. The average molecular weight is 372 g/mol. The van der Waals surface area contributed by atoms with E-state index < -0.39 is 6.09 Å². The molecule has 0 saturated heterocycles. The molecule has 3 aromatic heterocycles. The zero-order chi connectivity index (χ0) is 19.3. The van der Waals surface area contributed by atoms with E-state index in [1.165, 1.54) is 0 Å². The molecule has 0 spiro atoms. The summed E-state index contributed by atoms with van der Waals surface area (Å²) < 4.78 is 7.34. The van der Waals surface area contributed by atoms with Gasteiger partial charge in [0, 0.05) is 24.2 Å². The Hall–Kier alpha value is -3.67. The minimum atomic E-state index is -0.481. The number of imidazole rings is 1. The number of alkyl carbamates (subject to hydrolysis) is 1. The second-order valence-electron chi connectivity index (χ2n) is 6.44. The number of ether oxygens (including phenoxy) is 1. The van der Waals surface area contributed by atoms with Crippen LogP contribution in [0, 0.1) is 0 Å². The number of pyridine rings is 2. The third-order valence-corrected chi connectivity index (χ3v) is 4.45. The number of nitrogens with zero attached hydrogens (tertiary/aromatic N) is 3. The lowest BCUT2D eigenvalue weighted by Gasteiger charge is -2.14. The first-order chi connectivity index (χ1) is 13.7. The SMILES string of the molecule is C[C@H](NC(=O)OCc1ccccc1)c1nc2ccccn2c1-c1cccnc1. The Labute approximate surface area is 162 Å². The zero-order valence-electron chi connectivity index (χ0n) is 15.4. The first-order valence-electron chi connectivity index (χ1n) is 9.07. The van der Waals surface area contributed by atoms with E-state index in [2.05, 4.69) is 10.3 Å². The topological polar surface area (TPSA) is 68.5 Å². The van der Waals surface area contributed by atoms with Gasteiger partial charge in [0.1, 0.15) is 12.3 Å². The molecule has 28 heavy (non-hydrogen) atoms. The average Bonchev–Trinajstić information content (AvgIpc) is 3.13. The van der Waals surface area contributed by atoms with Gasteiger partial charge < -0.3 is 10.1 Å². The molecular formula is C22H20N4O2. The standard InChI is InChI=1S/C22H20N4O2/c1-16(24-22(27)28-15-17-8-3-2-4-9-17)20-21(18-10-7-12-23-14-18)26-13-6-5-11-19(26)25-20/h2-14,16H,15H2,1H3,(H,24,27)/t16-/m0/s1. The van der Waals surface area contributed by atoms with Gasteiger partial charge in [-0.25, -0.2) is 9.78 Å². The van der Waals surface area contributed by atoms with Gasteiger partial charge in [-0.2, -0.15) is 0 Å². The maximum Gasteiger partial charge on any atom is 0.407 e. The van der Waals surface area contributed by atoms with Gasteiger partial charge >= 0.3 is 6.09 Å². The summed E-state index contributed by atoms with van der Waals surface area (Å²) in [5.41, 5.74) is 4.34. The normalized spacial score (nSPS) is 11.9. The van der Waals surface area contributed by atoms with Gasteiger partial charge in [0.05, 0.1) is 17.4 Å². The highest BCUT2D eigenvalue weighted by Gasteiger charge is 2.21. The first-order valence-corrected chi connectivity index (χ1v) is 9.07. The number of amides is 1. The molecule has 0 unspecified atom stereocenters. The van der Waals surface area contributed by atoms with Gasteiger partial charge in [0.25, 0.3) is 0 Å². The van der Waals surface area contributed by atoms with Crippen molar-refractivity contribution in [1.82, 2.24) is 19.7 Å². The molecule has 1 aromatic carbocycles.